The van der Waals surface area contributed by atoms with E-state index in [1.807, 2.05) is 0 Å². The lowest BCUT2D eigenvalue weighted by atomic mass is 10.4. The minimum absolute atomic E-state index is 0.210. The maximum absolute atomic E-state index is 10.4. The number of ether oxygens (including phenoxy) is 1. The van der Waals surface area contributed by atoms with E-state index in [2.05, 4.69) is 15.1 Å². The Morgan fingerprint density at radius 1 is 1.44 bits per heavy atom. The topological polar surface area (TPSA) is 78.1 Å². The van der Waals surface area contributed by atoms with Gasteiger partial charge in [0, 0.05) is 5.92 Å². The standard InChI is InChI=1S/C12H11N3O3/c16-6-9-3-4-10(5-13-9)17-7-11-14-12(15-18-11)8-1-2-8/h3-6,8H,1-2,7H2. The first-order chi connectivity index (χ1) is 8.85. The smallest absolute Gasteiger partial charge is 0.264 e. The van der Waals surface area contributed by atoms with Gasteiger partial charge in [0.25, 0.3) is 5.89 Å². The Balaban J connectivity index is 1.60. The number of carbonyl (C=O) groups excluding carboxylic acids is 1. The van der Waals surface area contributed by atoms with E-state index in [9.17, 15) is 4.79 Å². The van der Waals surface area contributed by atoms with Gasteiger partial charge in [-0.3, -0.25) is 4.79 Å². The van der Waals surface area contributed by atoms with E-state index in [-0.39, 0.29) is 6.61 Å². The number of rotatable bonds is 5. The van der Waals surface area contributed by atoms with Gasteiger partial charge in [-0.2, -0.15) is 4.98 Å². The van der Waals surface area contributed by atoms with E-state index in [1.54, 1.807) is 12.1 Å². The van der Waals surface area contributed by atoms with Gasteiger partial charge in [0.1, 0.15) is 11.4 Å². The van der Waals surface area contributed by atoms with Crippen molar-refractivity contribution in [1.82, 2.24) is 15.1 Å². The van der Waals surface area contributed by atoms with Gasteiger partial charge < -0.3 is 9.26 Å². The highest BCUT2D eigenvalue weighted by atomic mass is 16.5. The van der Waals surface area contributed by atoms with Gasteiger partial charge in [0.15, 0.2) is 18.7 Å². The molecular formula is C12H11N3O3. The van der Waals surface area contributed by atoms with Crippen molar-refractivity contribution in [3.63, 3.8) is 0 Å². The predicted molar refractivity (Wildman–Crippen MR) is 60.2 cm³/mol. The molecule has 18 heavy (non-hydrogen) atoms. The highest BCUT2D eigenvalue weighted by Gasteiger charge is 2.28. The van der Waals surface area contributed by atoms with Crippen LogP contribution in [0, 0.1) is 0 Å². The number of carbonyl (C=O) groups is 1. The van der Waals surface area contributed by atoms with E-state index < -0.39 is 0 Å². The van der Waals surface area contributed by atoms with E-state index in [0.29, 0.717) is 29.5 Å². The van der Waals surface area contributed by atoms with Crippen molar-refractivity contribution in [2.45, 2.75) is 25.4 Å². The van der Waals surface area contributed by atoms with Crippen LogP contribution in [0.4, 0.5) is 0 Å². The van der Waals surface area contributed by atoms with Crippen LogP contribution in [0.5, 0.6) is 5.75 Å². The first-order valence-electron chi connectivity index (χ1n) is 5.71. The molecule has 2 aromatic rings. The SMILES string of the molecule is O=Cc1ccc(OCc2nc(C3CC3)no2)cn1. The molecule has 6 nitrogen and oxygen atoms in total. The van der Waals surface area contributed by atoms with Crippen LogP contribution < -0.4 is 4.74 Å². The van der Waals surface area contributed by atoms with Crippen LogP contribution in [-0.4, -0.2) is 21.4 Å². The summed E-state index contributed by atoms with van der Waals surface area (Å²) in [5.74, 6) is 2.25. The molecule has 0 aromatic carbocycles. The number of hydrogen-bond donors (Lipinski definition) is 0. The van der Waals surface area contributed by atoms with Crippen molar-refractivity contribution in [3.8, 4) is 5.75 Å². The lowest BCUT2D eigenvalue weighted by molar-refractivity contribution is 0.111. The molecule has 0 amide bonds. The highest BCUT2D eigenvalue weighted by Crippen LogP contribution is 2.38. The van der Waals surface area contributed by atoms with Crippen LogP contribution in [0.15, 0.2) is 22.9 Å². The Kier molecular flexibility index (Phi) is 2.76. The number of pyridine rings is 1. The fraction of sp³-hybridized carbons (Fsp3) is 0.333. The zero-order valence-corrected chi connectivity index (χ0v) is 9.57. The molecule has 0 saturated heterocycles. The van der Waals surface area contributed by atoms with E-state index in [1.165, 1.54) is 6.20 Å². The molecule has 1 fully saturated rings. The average molecular weight is 245 g/mol. The van der Waals surface area contributed by atoms with E-state index in [0.717, 1.165) is 18.7 Å². The molecule has 1 aliphatic carbocycles. The summed E-state index contributed by atoms with van der Waals surface area (Å²) in [6, 6.07) is 3.26. The van der Waals surface area contributed by atoms with Gasteiger partial charge in [-0.15, -0.1) is 0 Å². The Bertz CT molecular complexity index is 546. The predicted octanol–water partition coefficient (Wildman–Crippen LogP) is 1.73. The summed E-state index contributed by atoms with van der Waals surface area (Å²) in [5, 5.41) is 3.89. The third-order valence-electron chi connectivity index (χ3n) is 2.67. The number of hydrogen-bond acceptors (Lipinski definition) is 6. The van der Waals surface area contributed by atoms with Gasteiger partial charge in [-0.1, -0.05) is 5.16 Å². The van der Waals surface area contributed by atoms with Gasteiger partial charge in [0.2, 0.25) is 0 Å². The Labute approximate surface area is 103 Å². The highest BCUT2D eigenvalue weighted by molar-refractivity contribution is 5.71. The van der Waals surface area contributed by atoms with Crippen LogP contribution in [0.1, 0.15) is 41.0 Å². The van der Waals surface area contributed by atoms with Gasteiger partial charge in [0.05, 0.1) is 6.20 Å². The van der Waals surface area contributed by atoms with Crippen LogP contribution in [0.25, 0.3) is 0 Å². The summed E-state index contributed by atoms with van der Waals surface area (Å²) in [5.41, 5.74) is 0.371. The summed E-state index contributed by atoms with van der Waals surface area (Å²) in [6.45, 7) is 0.210. The third kappa shape index (κ3) is 2.37. The van der Waals surface area contributed by atoms with Crippen molar-refractivity contribution < 1.29 is 14.1 Å². The zero-order chi connectivity index (χ0) is 12.4. The lowest BCUT2D eigenvalue weighted by Crippen LogP contribution is -1.97. The van der Waals surface area contributed by atoms with Gasteiger partial charge in [-0.25, -0.2) is 4.98 Å². The van der Waals surface area contributed by atoms with Gasteiger partial charge >= 0.3 is 0 Å². The molecule has 0 spiro atoms. The number of aldehydes is 1. The Morgan fingerprint density at radius 2 is 2.33 bits per heavy atom. The normalized spacial score (nSPS) is 14.4. The molecule has 6 heteroatoms. The summed E-state index contributed by atoms with van der Waals surface area (Å²) in [7, 11) is 0. The summed E-state index contributed by atoms with van der Waals surface area (Å²) < 4.78 is 10.5. The summed E-state index contributed by atoms with van der Waals surface area (Å²) in [6.07, 6.45) is 4.44. The molecule has 0 bridgehead atoms. The number of aromatic nitrogens is 3. The second-order valence-electron chi connectivity index (χ2n) is 4.15. The molecular weight excluding hydrogens is 234 g/mol. The fourth-order valence-corrected chi connectivity index (χ4v) is 1.53. The second kappa shape index (κ2) is 4.56. The molecule has 0 aliphatic heterocycles. The summed E-state index contributed by atoms with van der Waals surface area (Å²) in [4.78, 5) is 18.6. The number of nitrogens with zero attached hydrogens (tertiary/aromatic N) is 3. The van der Waals surface area contributed by atoms with Crippen LogP contribution in [-0.2, 0) is 6.61 Å². The molecule has 2 heterocycles. The zero-order valence-electron chi connectivity index (χ0n) is 9.57. The Hall–Kier alpha value is -2.24. The molecule has 3 rings (SSSR count). The second-order valence-corrected chi connectivity index (χ2v) is 4.15. The molecule has 92 valence electrons. The molecule has 0 unspecified atom stereocenters. The molecule has 0 atom stereocenters. The minimum Gasteiger partial charge on any atom is -0.482 e. The summed E-state index contributed by atoms with van der Waals surface area (Å²) >= 11 is 0. The van der Waals surface area contributed by atoms with Crippen molar-refractivity contribution in [1.29, 1.82) is 0 Å². The molecule has 0 N–H and O–H groups in total. The lowest BCUT2D eigenvalue weighted by Gasteiger charge is -2.01. The van der Waals surface area contributed by atoms with Crippen molar-refractivity contribution in [3.05, 3.63) is 35.7 Å². The monoisotopic (exact) mass is 245 g/mol. The molecule has 1 saturated carbocycles. The molecule has 1 aliphatic rings. The maximum Gasteiger partial charge on any atom is 0.264 e. The third-order valence-corrected chi connectivity index (χ3v) is 2.67. The average Bonchev–Trinajstić information content (AvgIpc) is 3.16. The molecule has 0 radical (unpaired) electrons. The first kappa shape index (κ1) is 10.9. The van der Waals surface area contributed by atoms with Crippen LogP contribution in [0.3, 0.4) is 0 Å². The van der Waals surface area contributed by atoms with Crippen molar-refractivity contribution in [2.24, 2.45) is 0 Å². The fourth-order valence-electron chi connectivity index (χ4n) is 1.53. The van der Waals surface area contributed by atoms with Gasteiger partial charge in [-0.05, 0) is 25.0 Å². The maximum atomic E-state index is 10.4. The first-order valence-corrected chi connectivity index (χ1v) is 5.71. The quantitative estimate of drug-likeness (QED) is 0.746. The van der Waals surface area contributed by atoms with Crippen LogP contribution >= 0.6 is 0 Å². The van der Waals surface area contributed by atoms with E-state index >= 15 is 0 Å². The Morgan fingerprint density at radius 3 is 3.00 bits per heavy atom. The minimum atomic E-state index is 0.210. The van der Waals surface area contributed by atoms with Crippen molar-refractivity contribution in [2.75, 3.05) is 0 Å². The largest absolute Gasteiger partial charge is 0.482 e. The molecule has 2 aromatic heterocycles. The van der Waals surface area contributed by atoms with Crippen molar-refractivity contribution >= 4 is 6.29 Å². The van der Waals surface area contributed by atoms with E-state index in [4.69, 9.17) is 9.26 Å². The van der Waals surface area contributed by atoms with Crippen LogP contribution in [0.2, 0.25) is 0 Å².